The average molecular weight is 429 g/mol. The van der Waals surface area contributed by atoms with Crippen LogP contribution in [0.1, 0.15) is 32.3 Å². The smallest absolute Gasteiger partial charge is 0.211 e. The third-order valence-corrected chi connectivity index (χ3v) is 5.00. The number of hydrogen-bond acceptors (Lipinski definition) is 7. The van der Waals surface area contributed by atoms with E-state index < -0.39 is 5.60 Å². The molecule has 1 heterocycles. The summed E-state index contributed by atoms with van der Waals surface area (Å²) in [6, 6.07) is 9.32. The minimum absolute atomic E-state index is 0.0156. The van der Waals surface area contributed by atoms with Crippen LogP contribution in [-0.4, -0.2) is 41.2 Å². The first-order valence-corrected chi connectivity index (χ1v) is 10.6. The summed E-state index contributed by atoms with van der Waals surface area (Å²) in [6.07, 6.45) is 7.56. The van der Waals surface area contributed by atoms with E-state index >= 15 is 0 Å². The summed E-state index contributed by atoms with van der Waals surface area (Å²) in [7, 11) is 0. The molecule has 0 saturated heterocycles. The zero-order chi connectivity index (χ0) is 22.1. The molecule has 1 atom stereocenters. The Labute approximate surface area is 181 Å². The lowest BCUT2D eigenvalue weighted by Gasteiger charge is -2.17. The van der Waals surface area contributed by atoms with Gasteiger partial charge >= 0.3 is 0 Å². The highest BCUT2D eigenvalue weighted by molar-refractivity contribution is 7.98. The number of ether oxygens (including phenoxy) is 1. The molecule has 0 radical (unpaired) electrons. The van der Waals surface area contributed by atoms with E-state index in [1.807, 2.05) is 31.4 Å². The van der Waals surface area contributed by atoms with E-state index in [2.05, 4.69) is 15.3 Å². The Morgan fingerprint density at radius 2 is 2.17 bits per heavy atom. The Bertz CT molecular complexity index is 906. The van der Waals surface area contributed by atoms with Gasteiger partial charge in [-0.2, -0.15) is 0 Å². The van der Waals surface area contributed by atoms with Crippen LogP contribution in [0.2, 0.25) is 0 Å². The van der Waals surface area contributed by atoms with Crippen molar-refractivity contribution < 1.29 is 14.6 Å². The fourth-order valence-electron chi connectivity index (χ4n) is 2.49. The maximum Gasteiger partial charge on any atom is 0.211 e. The van der Waals surface area contributed by atoms with Gasteiger partial charge in [0.2, 0.25) is 6.41 Å². The van der Waals surface area contributed by atoms with Gasteiger partial charge < -0.3 is 20.9 Å². The van der Waals surface area contributed by atoms with Gasteiger partial charge in [-0.1, -0.05) is 13.0 Å². The van der Waals surface area contributed by atoms with Crippen molar-refractivity contribution in [3.63, 3.8) is 0 Å². The Kier molecular flexibility index (Phi) is 8.44. The van der Waals surface area contributed by atoms with Gasteiger partial charge in [0.25, 0.3) is 0 Å². The Morgan fingerprint density at radius 1 is 1.40 bits per heavy atom. The SMILES string of the molecule is CSc1cc(C(C)C(N)=CC=Nc2ccc(OCC(C)(C)O)cn2)ccc1NC=O. The first-order chi connectivity index (χ1) is 14.2. The quantitative estimate of drug-likeness (QED) is 0.301. The number of nitrogens with two attached hydrogens (primary N) is 1. The predicted octanol–water partition coefficient (Wildman–Crippen LogP) is 3.87. The summed E-state index contributed by atoms with van der Waals surface area (Å²) in [6.45, 7) is 5.54. The number of nitrogens with one attached hydrogen (secondary N) is 1. The molecule has 0 spiro atoms. The zero-order valence-electron chi connectivity index (χ0n) is 17.6. The standard InChI is InChI=1S/C22H28N4O3S/c1-15(16-5-7-19(26-14-27)20(11-16)30-4)18(23)9-10-24-21-8-6-17(12-25-21)29-13-22(2,3)28/h5-12,14-15,28H,13,23H2,1-4H3,(H,26,27). The van der Waals surface area contributed by atoms with Crippen molar-refractivity contribution >= 4 is 35.9 Å². The lowest BCUT2D eigenvalue weighted by molar-refractivity contribution is -0.105. The molecular weight excluding hydrogens is 400 g/mol. The van der Waals surface area contributed by atoms with Gasteiger partial charge in [-0.3, -0.25) is 4.79 Å². The molecule has 7 nitrogen and oxygen atoms in total. The van der Waals surface area contributed by atoms with Crippen LogP contribution < -0.4 is 15.8 Å². The van der Waals surface area contributed by atoms with Crippen molar-refractivity contribution in [3.05, 3.63) is 53.9 Å². The number of amides is 1. The number of benzene rings is 1. The summed E-state index contributed by atoms with van der Waals surface area (Å²) >= 11 is 1.56. The van der Waals surface area contributed by atoms with E-state index in [1.165, 1.54) is 0 Å². The molecule has 1 amide bonds. The summed E-state index contributed by atoms with van der Waals surface area (Å²) in [5.41, 5.74) is 7.81. The molecule has 30 heavy (non-hydrogen) atoms. The number of anilines is 1. The number of rotatable bonds is 10. The number of carbonyl (C=O) groups is 1. The number of aliphatic imine (C=N–C) groups is 1. The van der Waals surface area contributed by atoms with Gasteiger partial charge in [-0.05, 0) is 56.0 Å². The Morgan fingerprint density at radius 3 is 2.77 bits per heavy atom. The van der Waals surface area contributed by atoms with Crippen molar-refractivity contribution in [1.29, 1.82) is 0 Å². The zero-order valence-corrected chi connectivity index (χ0v) is 18.4. The molecule has 0 aliphatic heterocycles. The number of pyridine rings is 1. The van der Waals surface area contributed by atoms with Crippen molar-refractivity contribution in [2.75, 3.05) is 18.2 Å². The fourth-order valence-corrected chi connectivity index (χ4v) is 3.09. The molecule has 1 unspecified atom stereocenters. The van der Waals surface area contributed by atoms with E-state index in [9.17, 15) is 9.90 Å². The minimum atomic E-state index is -0.905. The highest BCUT2D eigenvalue weighted by Gasteiger charge is 2.13. The first-order valence-electron chi connectivity index (χ1n) is 9.42. The molecule has 4 N–H and O–H groups in total. The maximum absolute atomic E-state index is 10.7. The molecule has 160 valence electrons. The minimum Gasteiger partial charge on any atom is -0.489 e. The second-order valence-electron chi connectivity index (χ2n) is 7.34. The molecule has 1 aromatic heterocycles. The van der Waals surface area contributed by atoms with Crippen molar-refractivity contribution in [2.24, 2.45) is 10.7 Å². The third-order valence-electron chi connectivity index (χ3n) is 4.23. The van der Waals surface area contributed by atoms with Crippen LogP contribution in [0.3, 0.4) is 0 Å². The van der Waals surface area contributed by atoms with E-state index in [0.717, 1.165) is 16.1 Å². The molecule has 8 heteroatoms. The third kappa shape index (κ3) is 7.20. The van der Waals surface area contributed by atoms with Crippen LogP contribution in [0.15, 0.2) is 58.2 Å². The van der Waals surface area contributed by atoms with Crippen LogP contribution >= 0.6 is 11.8 Å². The van der Waals surface area contributed by atoms with Gasteiger partial charge in [-0.25, -0.2) is 9.98 Å². The van der Waals surface area contributed by atoms with E-state index in [0.29, 0.717) is 23.7 Å². The average Bonchev–Trinajstić information content (AvgIpc) is 2.72. The number of allylic oxidation sites excluding steroid dienone is 2. The molecule has 0 fully saturated rings. The van der Waals surface area contributed by atoms with E-state index in [-0.39, 0.29) is 12.5 Å². The monoisotopic (exact) mass is 428 g/mol. The first kappa shape index (κ1) is 23.4. The Hall–Kier alpha value is -2.84. The highest BCUT2D eigenvalue weighted by Crippen LogP contribution is 2.30. The predicted molar refractivity (Wildman–Crippen MR) is 123 cm³/mol. The van der Waals surface area contributed by atoms with Gasteiger partial charge in [0.15, 0.2) is 5.82 Å². The highest BCUT2D eigenvalue weighted by atomic mass is 32.2. The number of thioether (sulfide) groups is 1. The molecule has 1 aromatic carbocycles. The second kappa shape index (κ2) is 10.8. The van der Waals surface area contributed by atoms with E-state index in [1.54, 1.807) is 56.2 Å². The van der Waals surface area contributed by atoms with Gasteiger partial charge in [0.05, 0.1) is 17.5 Å². The number of carbonyl (C=O) groups excluding carboxylic acids is 1. The molecule has 2 rings (SSSR count). The van der Waals surface area contributed by atoms with Gasteiger partial charge in [0, 0.05) is 22.7 Å². The molecule has 0 bridgehead atoms. The summed E-state index contributed by atoms with van der Waals surface area (Å²) in [5.74, 6) is 1.08. The topological polar surface area (TPSA) is 110 Å². The lowest BCUT2D eigenvalue weighted by atomic mass is 9.97. The van der Waals surface area contributed by atoms with Crippen molar-refractivity contribution in [1.82, 2.24) is 4.98 Å². The maximum atomic E-state index is 10.7. The van der Waals surface area contributed by atoms with Crippen LogP contribution in [-0.2, 0) is 4.79 Å². The fraction of sp³-hybridized carbons (Fsp3) is 0.318. The van der Waals surface area contributed by atoms with Crippen molar-refractivity contribution in [2.45, 2.75) is 37.2 Å². The van der Waals surface area contributed by atoms with Crippen molar-refractivity contribution in [3.8, 4) is 5.75 Å². The largest absolute Gasteiger partial charge is 0.489 e. The van der Waals surface area contributed by atoms with E-state index in [4.69, 9.17) is 10.5 Å². The number of hydrogen-bond donors (Lipinski definition) is 3. The number of aliphatic hydroxyl groups is 1. The molecule has 2 aromatic rings. The van der Waals surface area contributed by atoms with Crippen LogP contribution in [0.4, 0.5) is 11.5 Å². The molecular formula is C22H28N4O3S. The molecule has 0 aliphatic carbocycles. The van der Waals surface area contributed by atoms with Crippen LogP contribution in [0.5, 0.6) is 5.75 Å². The number of aromatic nitrogens is 1. The summed E-state index contributed by atoms with van der Waals surface area (Å²) < 4.78 is 5.47. The lowest BCUT2D eigenvalue weighted by Crippen LogP contribution is -2.27. The second-order valence-corrected chi connectivity index (χ2v) is 8.19. The van der Waals surface area contributed by atoms with Gasteiger partial charge in [-0.15, -0.1) is 11.8 Å². The number of nitrogens with zero attached hydrogens (tertiary/aromatic N) is 2. The summed E-state index contributed by atoms with van der Waals surface area (Å²) in [4.78, 5) is 20.2. The van der Waals surface area contributed by atoms with Gasteiger partial charge in [0.1, 0.15) is 12.4 Å². The molecule has 0 aliphatic rings. The molecule has 0 saturated carbocycles. The summed E-state index contributed by atoms with van der Waals surface area (Å²) in [5, 5.41) is 12.4. The van der Waals surface area contributed by atoms with Crippen LogP contribution in [0, 0.1) is 0 Å². The normalized spacial score (nSPS) is 13.3. The van der Waals surface area contributed by atoms with Crippen LogP contribution in [0.25, 0.3) is 0 Å². The Balaban J connectivity index is 2.03.